The van der Waals surface area contributed by atoms with Crippen LogP contribution in [-0.4, -0.2) is 16.8 Å². The number of amides is 1. The zero-order chi connectivity index (χ0) is 7.56. The van der Waals surface area contributed by atoms with Crippen LogP contribution >= 0.6 is 0 Å². The lowest BCUT2D eigenvalue weighted by molar-refractivity contribution is -0.124. The molecule has 0 spiro atoms. The molecule has 1 aliphatic heterocycles. The maximum absolute atomic E-state index is 11.0. The van der Waals surface area contributed by atoms with Crippen molar-refractivity contribution in [3.63, 3.8) is 0 Å². The molecular weight excluding hydrogens is 126 g/mol. The number of hydrogen-bond donors (Lipinski definition) is 0. The van der Waals surface area contributed by atoms with Crippen LogP contribution < -0.4 is 0 Å². The molecule has 1 atom stereocenters. The molecule has 1 amide bonds. The summed E-state index contributed by atoms with van der Waals surface area (Å²) >= 11 is 0. The quantitative estimate of drug-likeness (QED) is 0.499. The highest BCUT2D eigenvalue weighted by Gasteiger charge is 2.17. The molecule has 0 aromatic rings. The first kappa shape index (κ1) is 7.06. The zero-order valence-electron chi connectivity index (χ0n) is 6.08. The molecule has 1 rings (SSSR count). The molecule has 0 bridgehead atoms. The monoisotopic (exact) mass is 137 g/mol. The molecule has 0 aliphatic carbocycles. The van der Waals surface area contributed by atoms with Gasteiger partial charge in [-0.1, -0.05) is 12.7 Å². The van der Waals surface area contributed by atoms with Crippen LogP contribution in [0, 0.1) is 0 Å². The second kappa shape index (κ2) is 2.69. The lowest BCUT2D eigenvalue weighted by atomic mass is 10.2. The highest BCUT2D eigenvalue weighted by atomic mass is 16.2. The Labute approximate surface area is 60.8 Å². The average molecular weight is 137 g/mol. The van der Waals surface area contributed by atoms with Crippen LogP contribution in [0.2, 0.25) is 0 Å². The first-order valence-corrected chi connectivity index (χ1v) is 3.37. The van der Waals surface area contributed by atoms with Crippen LogP contribution in [0.5, 0.6) is 0 Å². The largest absolute Gasteiger partial charge is 0.313 e. The van der Waals surface area contributed by atoms with Crippen molar-refractivity contribution in [2.45, 2.75) is 19.4 Å². The summed E-state index contributed by atoms with van der Waals surface area (Å²) in [6.45, 7) is 5.43. The summed E-state index contributed by atoms with van der Waals surface area (Å²) in [6, 6.07) is 0.311. The zero-order valence-corrected chi connectivity index (χ0v) is 6.08. The molecule has 1 aliphatic rings. The summed E-state index contributed by atoms with van der Waals surface area (Å²) in [6.07, 6.45) is 6.10. The van der Waals surface area contributed by atoms with Gasteiger partial charge in [0.05, 0.1) is 0 Å². The Morgan fingerprint density at radius 2 is 2.60 bits per heavy atom. The standard InChI is InChI=1S/C8H11NO/c1-3-8(10)9-6-4-5-7(9)2/h3-4,6-7H,1,5H2,2H3. The van der Waals surface area contributed by atoms with Crippen molar-refractivity contribution >= 4 is 5.91 Å². The summed E-state index contributed by atoms with van der Waals surface area (Å²) in [5, 5.41) is 0. The van der Waals surface area contributed by atoms with E-state index in [4.69, 9.17) is 0 Å². The summed E-state index contributed by atoms with van der Waals surface area (Å²) in [7, 11) is 0. The van der Waals surface area contributed by atoms with Crippen LogP contribution in [0.1, 0.15) is 13.3 Å². The maximum Gasteiger partial charge on any atom is 0.250 e. The van der Waals surface area contributed by atoms with Gasteiger partial charge in [-0.25, -0.2) is 0 Å². The molecule has 10 heavy (non-hydrogen) atoms. The van der Waals surface area contributed by atoms with Crippen molar-refractivity contribution in [2.24, 2.45) is 0 Å². The van der Waals surface area contributed by atoms with Crippen LogP contribution in [0.25, 0.3) is 0 Å². The van der Waals surface area contributed by atoms with Gasteiger partial charge >= 0.3 is 0 Å². The van der Waals surface area contributed by atoms with Crippen molar-refractivity contribution in [1.29, 1.82) is 0 Å². The topological polar surface area (TPSA) is 20.3 Å². The fourth-order valence-corrected chi connectivity index (χ4v) is 1.03. The van der Waals surface area contributed by atoms with E-state index >= 15 is 0 Å². The SMILES string of the molecule is C=CC(=O)N1C=CCC1C. The Bertz CT molecular complexity index is 184. The average Bonchev–Trinajstić information content (AvgIpc) is 2.34. The van der Waals surface area contributed by atoms with Gasteiger partial charge in [0.25, 0.3) is 0 Å². The predicted octanol–water partition coefficient (Wildman–Crippen LogP) is 1.31. The normalized spacial score (nSPS) is 23.3. The predicted molar refractivity (Wildman–Crippen MR) is 40.3 cm³/mol. The van der Waals surface area contributed by atoms with Crippen LogP contribution in [0.15, 0.2) is 24.9 Å². The molecule has 0 saturated carbocycles. The number of hydrogen-bond acceptors (Lipinski definition) is 1. The van der Waals surface area contributed by atoms with Crippen LogP contribution in [0.3, 0.4) is 0 Å². The minimum Gasteiger partial charge on any atom is -0.313 e. The Kier molecular flexibility index (Phi) is 1.90. The first-order valence-electron chi connectivity index (χ1n) is 3.37. The summed E-state index contributed by atoms with van der Waals surface area (Å²) in [4.78, 5) is 12.7. The van der Waals surface area contributed by atoms with Gasteiger partial charge in [0.1, 0.15) is 0 Å². The van der Waals surface area contributed by atoms with Gasteiger partial charge in [0.2, 0.25) is 5.91 Å². The van der Waals surface area contributed by atoms with E-state index in [1.807, 2.05) is 19.2 Å². The minimum absolute atomic E-state index is 0.0127. The van der Waals surface area contributed by atoms with Gasteiger partial charge in [-0.05, 0) is 19.4 Å². The molecule has 2 heteroatoms. The Morgan fingerprint density at radius 3 is 3.00 bits per heavy atom. The molecule has 2 nitrogen and oxygen atoms in total. The van der Waals surface area contributed by atoms with Gasteiger partial charge in [-0.15, -0.1) is 0 Å². The second-order valence-corrected chi connectivity index (χ2v) is 2.42. The smallest absolute Gasteiger partial charge is 0.250 e. The number of rotatable bonds is 1. The fraction of sp³-hybridized carbons (Fsp3) is 0.375. The van der Waals surface area contributed by atoms with Gasteiger partial charge in [0, 0.05) is 12.2 Å². The van der Waals surface area contributed by atoms with Gasteiger partial charge < -0.3 is 4.90 Å². The third kappa shape index (κ3) is 1.10. The molecule has 0 aromatic carbocycles. The Balaban J connectivity index is 2.63. The fourth-order valence-electron chi connectivity index (χ4n) is 1.03. The van der Waals surface area contributed by atoms with E-state index in [9.17, 15) is 4.79 Å². The Morgan fingerprint density at radius 1 is 1.90 bits per heavy atom. The number of carbonyl (C=O) groups is 1. The van der Waals surface area contributed by atoms with Crippen molar-refractivity contribution in [3.8, 4) is 0 Å². The van der Waals surface area contributed by atoms with Gasteiger partial charge in [0.15, 0.2) is 0 Å². The number of nitrogens with zero attached hydrogens (tertiary/aromatic N) is 1. The van der Waals surface area contributed by atoms with Crippen molar-refractivity contribution in [3.05, 3.63) is 24.9 Å². The molecule has 0 radical (unpaired) electrons. The van der Waals surface area contributed by atoms with Crippen LogP contribution in [-0.2, 0) is 4.79 Å². The Hall–Kier alpha value is -1.05. The number of carbonyl (C=O) groups excluding carboxylic acids is 1. The molecule has 0 fully saturated rings. The van der Waals surface area contributed by atoms with Crippen molar-refractivity contribution in [2.75, 3.05) is 0 Å². The van der Waals surface area contributed by atoms with Gasteiger partial charge in [-0.3, -0.25) is 4.79 Å². The maximum atomic E-state index is 11.0. The van der Waals surface area contributed by atoms with Crippen molar-refractivity contribution in [1.82, 2.24) is 4.90 Å². The van der Waals surface area contributed by atoms with Crippen molar-refractivity contribution < 1.29 is 4.79 Å². The molecule has 0 N–H and O–H groups in total. The second-order valence-electron chi connectivity index (χ2n) is 2.42. The molecular formula is C8H11NO. The molecule has 1 unspecified atom stereocenters. The highest BCUT2D eigenvalue weighted by Crippen LogP contribution is 2.13. The van der Waals surface area contributed by atoms with E-state index in [-0.39, 0.29) is 5.91 Å². The summed E-state index contributed by atoms with van der Waals surface area (Å²) in [5.74, 6) is -0.0127. The van der Waals surface area contributed by atoms with E-state index in [0.717, 1.165) is 6.42 Å². The van der Waals surface area contributed by atoms with Gasteiger partial charge in [-0.2, -0.15) is 0 Å². The van der Waals surface area contributed by atoms with Crippen LogP contribution in [0.4, 0.5) is 0 Å². The summed E-state index contributed by atoms with van der Waals surface area (Å²) < 4.78 is 0. The highest BCUT2D eigenvalue weighted by molar-refractivity contribution is 5.88. The lowest BCUT2D eigenvalue weighted by Crippen LogP contribution is -2.28. The van der Waals surface area contributed by atoms with E-state index in [1.54, 1.807) is 4.90 Å². The van der Waals surface area contributed by atoms with E-state index in [1.165, 1.54) is 6.08 Å². The van der Waals surface area contributed by atoms with E-state index in [0.29, 0.717) is 6.04 Å². The third-order valence-corrected chi connectivity index (χ3v) is 1.65. The minimum atomic E-state index is -0.0127. The molecule has 1 heterocycles. The van der Waals surface area contributed by atoms with E-state index < -0.39 is 0 Å². The summed E-state index contributed by atoms with van der Waals surface area (Å²) in [5.41, 5.74) is 0. The molecule has 54 valence electrons. The molecule has 0 saturated heterocycles. The van der Waals surface area contributed by atoms with E-state index in [2.05, 4.69) is 6.58 Å². The first-order chi connectivity index (χ1) is 4.75. The molecule has 0 aromatic heterocycles. The third-order valence-electron chi connectivity index (χ3n) is 1.65. The lowest BCUT2D eigenvalue weighted by Gasteiger charge is -2.17.